The van der Waals surface area contributed by atoms with Gasteiger partial charge in [-0.25, -0.2) is 0 Å². The molecule has 0 atom stereocenters. The van der Waals surface area contributed by atoms with Crippen molar-refractivity contribution in [1.82, 2.24) is 9.88 Å². The Morgan fingerprint density at radius 1 is 1.05 bits per heavy atom. The van der Waals surface area contributed by atoms with E-state index < -0.39 is 0 Å². The smallest absolute Gasteiger partial charge is 0.0696 e. The lowest BCUT2D eigenvalue weighted by atomic mass is 10.2. The van der Waals surface area contributed by atoms with E-state index in [2.05, 4.69) is 63.8 Å². The average molecular weight is 273 g/mol. The van der Waals surface area contributed by atoms with Gasteiger partial charge in [0.2, 0.25) is 0 Å². The first-order chi connectivity index (χ1) is 9.38. The summed E-state index contributed by atoms with van der Waals surface area (Å²) in [6.45, 7) is 4.28. The van der Waals surface area contributed by atoms with Crippen molar-refractivity contribution in [2.45, 2.75) is 4.90 Å². The second kappa shape index (κ2) is 5.72. The maximum Gasteiger partial charge on any atom is 0.0696 e. The van der Waals surface area contributed by atoms with Crippen LogP contribution in [0.2, 0.25) is 0 Å². The Morgan fingerprint density at radius 3 is 2.47 bits per heavy atom. The van der Waals surface area contributed by atoms with Crippen molar-refractivity contribution in [3.05, 3.63) is 42.7 Å². The predicted octanol–water partition coefficient (Wildman–Crippen LogP) is 2.61. The second-order valence-electron chi connectivity index (χ2n) is 4.68. The molecule has 1 aliphatic rings. The summed E-state index contributed by atoms with van der Waals surface area (Å²) in [5.74, 6) is 0. The number of nitrogens with one attached hydrogen (secondary N) is 1. The molecule has 1 aliphatic heterocycles. The van der Waals surface area contributed by atoms with Crippen LogP contribution in [0.15, 0.2) is 47.6 Å². The summed E-state index contributed by atoms with van der Waals surface area (Å²) in [5.41, 5.74) is 2.61. The van der Waals surface area contributed by atoms with Gasteiger partial charge in [0.25, 0.3) is 0 Å². The fourth-order valence-electron chi connectivity index (χ4n) is 2.51. The Kier molecular flexibility index (Phi) is 3.80. The molecule has 0 radical (unpaired) electrons. The van der Waals surface area contributed by atoms with E-state index in [1.807, 2.05) is 0 Å². The molecule has 3 nitrogen and oxygen atoms in total. The summed E-state index contributed by atoms with van der Waals surface area (Å²) in [5, 5.41) is 3.41. The fraction of sp³-hybridized carbons (Fsp3) is 0.333. The molecule has 1 fully saturated rings. The summed E-state index contributed by atoms with van der Waals surface area (Å²) in [4.78, 5) is 3.78. The summed E-state index contributed by atoms with van der Waals surface area (Å²) >= 11 is 1.79. The van der Waals surface area contributed by atoms with Crippen molar-refractivity contribution in [2.24, 2.45) is 0 Å². The van der Waals surface area contributed by atoms with Gasteiger partial charge < -0.3 is 14.8 Å². The molecule has 19 heavy (non-hydrogen) atoms. The number of aromatic nitrogens is 1. The van der Waals surface area contributed by atoms with Gasteiger partial charge in [-0.15, -0.1) is 11.8 Å². The van der Waals surface area contributed by atoms with Gasteiger partial charge in [0, 0.05) is 43.5 Å². The van der Waals surface area contributed by atoms with Gasteiger partial charge in [-0.1, -0.05) is 0 Å². The van der Waals surface area contributed by atoms with Gasteiger partial charge in [-0.2, -0.15) is 0 Å². The van der Waals surface area contributed by atoms with E-state index in [-0.39, 0.29) is 0 Å². The van der Waals surface area contributed by atoms with Gasteiger partial charge >= 0.3 is 0 Å². The van der Waals surface area contributed by atoms with Crippen LogP contribution in [0.1, 0.15) is 0 Å². The van der Waals surface area contributed by atoms with Crippen molar-refractivity contribution in [3.63, 3.8) is 0 Å². The SMILES string of the molecule is CSc1ccc(N2CCNCC2)c(-n2cccc2)c1. The number of hydrogen-bond donors (Lipinski definition) is 1. The second-order valence-corrected chi connectivity index (χ2v) is 5.56. The van der Waals surface area contributed by atoms with Gasteiger partial charge in [0.05, 0.1) is 11.4 Å². The minimum absolute atomic E-state index is 1.06. The highest BCUT2D eigenvalue weighted by Crippen LogP contribution is 2.29. The van der Waals surface area contributed by atoms with Crippen LogP contribution in [0.25, 0.3) is 5.69 Å². The lowest BCUT2D eigenvalue weighted by Gasteiger charge is -2.31. The summed E-state index contributed by atoms with van der Waals surface area (Å²) in [6, 6.07) is 10.9. The molecule has 1 N–H and O–H groups in total. The van der Waals surface area contributed by atoms with E-state index in [0.29, 0.717) is 0 Å². The first-order valence-electron chi connectivity index (χ1n) is 6.65. The van der Waals surface area contributed by atoms with Gasteiger partial charge in [-0.05, 0) is 36.6 Å². The van der Waals surface area contributed by atoms with E-state index in [1.165, 1.54) is 16.3 Å². The average Bonchev–Trinajstić information content (AvgIpc) is 3.01. The van der Waals surface area contributed by atoms with Gasteiger partial charge in [0.1, 0.15) is 0 Å². The normalized spacial score (nSPS) is 15.7. The molecule has 0 aliphatic carbocycles. The van der Waals surface area contributed by atoms with Crippen molar-refractivity contribution in [1.29, 1.82) is 0 Å². The first kappa shape index (κ1) is 12.6. The zero-order valence-corrected chi connectivity index (χ0v) is 12.0. The molecular weight excluding hydrogens is 254 g/mol. The topological polar surface area (TPSA) is 20.2 Å². The number of nitrogens with zero attached hydrogens (tertiary/aromatic N) is 2. The van der Waals surface area contributed by atoms with E-state index in [9.17, 15) is 0 Å². The summed E-state index contributed by atoms with van der Waals surface area (Å²) in [6.07, 6.45) is 6.36. The fourth-order valence-corrected chi connectivity index (χ4v) is 2.94. The Labute approximate surface area is 118 Å². The van der Waals surface area contributed by atoms with E-state index >= 15 is 0 Å². The number of anilines is 1. The zero-order valence-electron chi connectivity index (χ0n) is 11.2. The molecule has 1 aromatic heterocycles. The minimum Gasteiger partial charge on any atom is -0.367 e. The van der Waals surface area contributed by atoms with Crippen molar-refractivity contribution < 1.29 is 0 Å². The predicted molar refractivity (Wildman–Crippen MR) is 82.6 cm³/mol. The van der Waals surface area contributed by atoms with Gasteiger partial charge in [0.15, 0.2) is 0 Å². The maximum absolute atomic E-state index is 3.41. The highest BCUT2D eigenvalue weighted by molar-refractivity contribution is 7.98. The molecule has 0 saturated carbocycles. The number of hydrogen-bond acceptors (Lipinski definition) is 3. The summed E-state index contributed by atoms with van der Waals surface area (Å²) < 4.78 is 2.21. The molecule has 2 aromatic rings. The molecule has 0 bridgehead atoms. The van der Waals surface area contributed by atoms with Crippen molar-refractivity contribution >= 4 is 17.4 Å². The Balaban J connectivity index is 2.02. The van der Waals surface area contributed by atoms with Crippen LogP contribution in [0, 0.1) is 0 Å². The minimum atomic E-state index is 1.06. The van der Waals surface area contributed by atoms with Crippen LogP contribution in [0.3, 0.4) is 0 Å². The maximum atomic E-state index is 3.41. The lowest BCUT2D eigenvalue weighted by Crippen LogP contribution is -2.43. The molecule has 0 amide bonds. The standard InChI is InChI=1S/C15H19N3S/c1-19-13-4-5-14(18-10-6-16-7-11-18)15(12-13)17-8-2-3-9-17/h2-5,8-9,12,16H,6-7,10-11H2,1H3. The molecule has 4 heteroatoms. The van der Waals surface area contributed by atoms with Crippen LogP contribution < -0.4 is 10.2 Å². The third-order valence-electron chi connectivity index (χ3n) is 3.52. The van der Waals surface area contributed by atoms with E-state index in [1.54, 1.807) is 11.8 Å². The largest absolute Gasteiger partial charge is 0.367 e. The van der Waals surface area contributed by atoms with Crippen LogP contribution in [-0.2, 0) is 0 Å². The Hall–Kier alpha value is -1.39. The number of rotatable bonds is 3. The molecule has 2 heterocycles. The van der Waals surface area contributed by atoms with E-state index in [0.717, 1.165) is 26.2 Å². The lowest BCUT2D eigenvalue weighted by molar-refractivity contribution is 0.588. The van der Waals surface area contributed by atoms with E-state index in [4.69, 9.17) is 0 Å². The van der Waals surface area contributed by atoms with Crippen LogP contribution in [0.5, 0.6) is 0 Å². The highest BCUT2D eigenvalue weighted by atomic mass is 32.2. The molecule has 1 saturated heterocycles. The van der Waals surface area contributed by atoms with Crippen LogP contribution in [-0.4, -0.2) is 37.0 Å². The Bertz CT molecular complexity index is 530. The van der Waals surface area contributed by atoms with Crippen LogP contribution in [0.4, 0.5) is 5.69 Å². The first-order valence-corrected chi connectivity index (χ1v) is 7.88. The summed E-state index contributed by atoms with van der Waals surface area (Å²) in [7, 11) is 0. The molecular formula is C15H19N3S. The molecule has 0 spiro atoms. The number of piperazine rings is 1. The molecule has 0 unspecified atom stereocenters. The van der Waals surface area contributed by atoms with Crippen molar-refractivity contribution in [2.75, 3.05) is 37.3 Å². The van der Waals surface area contributed by atoms with Crippen LogP contribution >= 0.6 is 11.8 Å². The molecule has 1 aromatic carbocycles. The number of thioether (sulfide) groups is 1. The third kappa shape index (κ3) is 2.65. The monoisotopic (exact) mass is 273 g/mol. The number of benzene rings is 1. The molecule has 100 valence electrons. The Morgan fingerprint density at radius 2 is 1.79 bits per heavy atom. The van der Waals surface area contributed by atoms with Crippen molar-refractivity contribution in [3.8, 4) is 5.69 Å². The molecule has 3 rings (SSSR count). The zero-order chi connectivity index (χ0) is 13.1. The third-order valence-corrected chi connectivity index (χ3v) is 4.25. The highest BCUT2D eigenvalue weighted by Gasteiger charge is 2.15. The quantitative estimate of drug-likeness (QED) is 0.868. The van der Waals surface area contributed by atoms with Gasteiger partial charge in [-0.3, -0.25) is 0 Å².